The Kier molecular flexibility index (Phi) is 8.36. The third-order valence-electron chi connectivity index (χ3n) is 3.59. The van der Waals surface area contributed by atoms with Crippen LogP contribution in [0.1, 0.15) is 52.9 Å². The van der Waals surface area contributed by atoms with Crippen LogP contribution in [0.3, 0.4) is 0 Å². The average molecular weight is 302 g/mol. The Balaban J connectivity index is 2.74. The van der Waals surface area contributed by atoms with Crippen molar-refractivity contribution in [2.24, 2.45) is 0 Å². The van der Waals surface area contributed by atoms with Crippen LogP contribution in [0.2, 0.25) is 0 Å². The molecule has 20 heavy (non-hydrogen) atoms. The number of nitrogens with zero attached hydrogens (tertiary/aromatic N) is 1. The predicted octanol–water partition coefficient (Wildman–Crippen LogP) is 2.28. The molecule has 0 atom stereocenters. The van der Waals surface area contributed by atoms with Gasteiger partial charge in [0, 0.05) is 25.9 Å². The van der Waals surface area contributed by atoms with Crippen molar-refractivity contribution in [1.82, 2.24) is 4.90 Å². The molecule has 0 aromatic heterocycles. The van der Waals surface area contributed by atoms with E-state index >= 15 is 0 Å². The van der Waals surface area contributed by atoms with Crippen LogP contribution in [0.5, 0.6) is 0 Å². The summed E-state index contributed by atoms with van der Waals surface area (Å²) in [7, 11) is -2.80. The molecule has 0 spiro atoms. The molecule has 1 rings (SSSR count). The SMILES string of the molecule is CCO[Si](CN([C]=O)C1CCCCC1)(OCC)OCC. The van der Waals surface area contributed by atoms with E-state index in [1.807, 2.05) is 20.8 Å². The van der Waals surface area contributed by atoms with Crippen LogP contribution < -0.4 is 0 Å². The van der Waals surface area contributed by atoms with Gasteiger partial charge < -0.3 is 18.2 Å². The first kappa shape index (κ1) is 17.6. The Hall–Kier alpha value is -0.433. The largest absolute Gasteiger partial charge is 0.521 e. The molecule has 0 saturated heterocycles. The molecule has 0 aromatic carbocycles. The lowest BCUT2D eigenvalue weighted by Crippen LogP contribution is -2.57. The smallest absolute Gasteiger partial charge is 0.373 e. The Labute approximate surface area is 123 Å². The highest BCUT2D eigenvalue weighted by Crippen LogP contribution is 2.23. The molecule has 1 fully saturated rings. The van der Waals surface area contributed by atoms with Crippen molar-refractivity contribution < 1.29 is 18.1 Å². The van der Waals surface area contributed by atoms with Crippen molar-refractivity contribution in [1.29, 1.82) is 0 Å². The highest BCUT2D eigenvalue weighted by Gasteiger charge is 2.44. The molecular formula is C14H28NO4Si. The van der Waals surface area contributed by atoms with Crippen LogP contribution in [-0.2, 0) is 18.1 Å². The van der Waals surface area contributed by atoms with E-state index in [9.17, 15) is 4.79 Å². The van der Waals surface area contributed by atoms with Crippen LogP contribution in [0, 0.1) is 0 Å². The fraction of sp³-hybridized carbons (Fsp3) is 0.929. The number of amides is 1. The van der Waals surface area contributed by atoms with Crippen molar-refractivity contribution in [2.75, 3.05) is 26.0 Å². The summed E-state index contributed by atoms with van der Waals surface area (Å²) in [5, 5.41) is 0. The third kappa shape index (κ3) is 5.16. The normalized spacial score (nSPS) is 17.1. The molecule has 0 aliphatic heterocycles. The lowest BCUT2D eigenvalue weighted by atomic mass is 9.95. The maximum Gasteiger partial charge on any atom is 0.521 e. The zero-order valence-electron chi connectivity index (χ0n) is 13.0. The lowest BCUT2D eigenvalue weighted by Gasteiger charge is -2.36. The maximum absolute atomic E-state index is 11.4. The Morgan fingerprint density at radius 3 is 1.90 bits per heavy atom. The molecule has 5 nitrogen and oxygen atoms in total. The van der Waals surface area contributed by atoms with Gasteiger partial charge in [0.05, 0.1) is 6.17 Å². The van der Waals surface area contributed by atoms with Crippen molar-refractivity contribution in [3.05, 3.63) is 0 Å². The van der Waals surface area contributed by atoms with Crippen molar-refractivity contribution in [3.8, 4) is 0 Å². The molecule has 1 saturated carbocycles. The van der Waals surface area contributed by atoms with Gasteiger partial charge in [-0.15, -0.1) is 0 Å². The fourth-order valence-corrected chi connectivity index (χ4v) is 5.34. The van der Waals surface area contributed by atoms with Gasteiger partial charge >= 0.3 is 15.2 Å². The number of rotatable bonds is 10. The highest BCUT2D eigenvalue weighted by atomic mass is 28.4. The average Bonchev–Trinajstić information content (AvgIpc) is 2.46. The van der Waals surface area contributed by atoms with Gasteiger partial charge in [0.1, 0.15) is 0 Å². The minimum Gasteiger partial charge on any atom is -0.373 e. The summed E-state index contributed by atoms with van der Waals surface area (Å²) in [6, 6.07) is 0.259. The van der Waals surface area contributed by atoms with Gasteiger partial charge in [0.2, 0.25) is 0 Å². The van der Waals surface area contributed by atoms with Gasteiger partial charge in [-0.1, -0.05) is 19.3 Å². The summed E-state index contributed by atoms with van der Waals surface area (Å²) >= 11 is 0. The summed E-state index contributed by atoms with van der Waals surface area (Å²) in [5.41, 5.74) is 0. The monoisotopic (exact) mass is 302 g/mol. The molecule has 117 valence electrons. The quantitative estimate of drug-likeness (QED) is 0.459. The Morgan fingerprint density at radius 1 is 1.00 bits per heavy atom. The second kappa shape index (κ2) is 9.49. The standard InChI is InChI=1S/C14H28NO4Si/c1-4-17-20(18-5-2,19-6-3)13-15(12-16)14-10-8-7-9-11-14/h14H,4-11,13H2,1-3H3. The van der Waals surface area contributed by atoms with Gasteiger partial charge in [0.15, 0.2) is 0 Å². The van der Waals surface area contributed by atoms with E-state index in [2.05, 4.69) is 6.41 Å². The minimum absolute atomic E-state index is 0.259. The van der Waals surface area contributed by atoms with Crippen LogP contribution in [0.4, 0.5) is 0 Å². The van der Waals surface area contributed by atoms with Gasteiger partial charge in [-0.2, -0.15) is 0 Å². The third-order valence-corrected chi connectivity index (χ3v) is 6.50. The number of carbonyl (C=O) groups excluding carboxylic acids is 1. The van der Waals surface area contributed by atoms with E-state index in [0.29, 0.717) is 26.0 Å². The zero-order chi connectivity index (χ0) is 14.8. The summed E-state index contributed by atoms with van der Waals surface area (Å²) in [6.45, 7) is 7.37. The highest BCUT2D eigenvalue weighted by molar-refractivity contribution is 6.61. The van der Waals surface area contributed by atoms with Crippen molar-refractivity contribution >= 4 is 15.2 Å². The topological polar surface area (TPSA) is 48.0 Å². The Bertz CT molecular complexity index is 255. The molecule has 1 aliphatic rings. The van der Waals surface area contributed by atoms with Gasteiger partial charge in [-0.05, 0) is 33.6 Å². The molecule has 6 heteroatoms. The molecule has 1 amide bonds. The molecule has 0 aromatic rings. The molecule has 1 radical (unpaired) electrons. The van der Waals surface area contributed by atoms with Gasteiger partial charge in [-0.25, -0.2) is 0 Å². The lowest BCUT2D eigenvalue weighted by molar-refractivity contribution is 0.0578. The van der Waals surface area contributed by atoms with Crippen LogP contribution in [0.25, 0.3) is 0 Å². The van der Waals surface area contributed by atoms with E-state index in [4.69, 9.17) is 13.3 Å². The van der Waals surface area contributed by atoms with Crippen LogP contribution in [0.15, 0.2) is 0 Å². The van der Waals surface area contributed by atoms with E-state index in [0.717, 1.165) is 12.8 Å². The van der Waals surface area contributed by atoms with Crippen molar-refractivity contribution in [3.63, 3.8) is 0 Å². The van der Waals surface area contributed by atoms with Crippen LogP contribution in [-0.4, -0.2) is 52.1 Å². The summed E-state index contributed by atoms with van der Waals surface area (Å²) in [6.07, 6.45) is 8.20. The predicted molar refractivity (Wildman–Crippen MR) is 79.9 cm³/mol. The van der Waals surface area contributed by atoms with E-state index in [1.54, 1.807) is 4.90 Å². The second-order valence-corrected chi connectivity index (χ2v) is 7.54. The first-order valence-electron chi connectivity index (χ1n) is 7.77. The summed E-state index contributed by atoms with van der Waals surface area (Å²) in [4.78, 5) is 13.1. The van der Waals surface area contributed by atoms with Crippen molar-refractivity contribution in [2.45, 2.75) is 58.9 Å². The summed E-state index contributed by atoms with van der Waals surface area (Å²) < 4.78 is 17.4. The fourth-order valence-electron chi connectivity index (χ4n) is 2.76. The van der Waals surface area contributed by atoms with Gasteiger partial charge in [0.25, 0.3) is 0 Å². The van der Waals surface area contributed by atoms with E-state index in [1.165, 1.54) is 19.3 Å². The van der Waals surface area contributed by atoms with Crippen LogP contribution >= 0.6 is 0 Å². The molecule has 0 unspecified atom stereocenters. The zero-order valence-corrected chi connectivity index (χ0v) is 14.0. The molecule has 1 aliphatic carbocycles. The first-order chi connectivity index (χ1) is 9.71. The minimum atomic E-state index is -2.80. The molecule has 0 heterocycles. The molecule has 0 N–H and O–H groups in total. The van der Waals surface area contributed by atoms with Gasteiger partial charge in [-0.3, -0.25) is 4.79 Å². The van der Waals surface area contributed by atoms with E-state index < -0.39 is 8.80 Å². The second-order valence-electron chi connectivity index (χ2n) is 4.99. The maximum atomic E-state index is 11.4. The number of hydrogen-bond acceptors (Lipinski definition) is 4. The first-order valence-corrected chi connectivity index (χ1v) is 9.70. The Morgan fingerprint density at radius 2 is 1.50 bits per heavy atom. The van der Waals surface area contributed by atoms with E-state index in [-0.39, 0.29) is 6.04 Å². The molecule has 0 bridgehead atoms. The molecular weight excluding hydrogens is 274 g/mol. The number of hydrogen-bond donors (Lipinski definition) is 0. The summed E-state index contributed by atoms with van der Waals surface area (Å²) in [5.74, 6) is 0.